The van der Waals surface area contributed by atoms with E-state index in [1.165, 1.54) is 0 Å². The number of benzene rings is 1. The van der Waals surface area contributed by atoms with E-state index in [-0.39, 0.29) is 26.2 Å². The smallest absolute Gasteiger partial charge is 0.225 e. The normalized spacial score (nSPS) is 35.1. The van der Waals surface area contributed by atoms with E-state index in [1.807, 2.05) is 6.07 Å². The molecule has 0 aromatic heterocycles. The van der Waals surface area contributed by atoms with Crippen molar-refractivity contribution in [1.82, 2.24) is 0 Å². The maximum absolute atomic E-state index is 10.4. The Labute approximate surface area is 122 Å². The summed E-state index contributed by atoms with van der Waals surface area (Å²) in [5.74, 6) is -1.42. The highest BCUT2D eigenvalue weighted by Crippen LogP contribution is 2.46. The number of hydrogen-bond donors (Lipinski definition) is 4. The molecule has 2 aliphatic heterocycles. The molecule has 6 nitrogen and oxygen atoms in total. The molecule has 1 aromatic carbocycles. The average Bonchev–Trinajstić information content (AvgIpc) is 2.84. The third-order valence-electron chi connectivity index (χ3n) is 4.23. The van der Waals surface area contributed by atoms with Crippen LogP contribution in [0.2, 0.25) is 0 Å². The second-order valence-electron chi connectivity index (χ2n) is 5.61. The molecule has 0 saturated carbocycles. The minimum atomic E-state index is -1.42. The van der Waals surface area contributed by atoms with E-state index in [9.17, 15) is 15.3 Å². The van der Waals surface area contributed by atoms with Gasteiger partial charge in [-0.2, -0.15) is 0 Å². The Balaban J connectivity index is 2.00. The van der Waals surface area contributed by atoms with Crippen molar-refractivity contribution in [1.29, 1.82) is 0 Å². The predicted molar refractivity (Wildman–Crippen MR) is 72.0 cm³/mol. The lowest BCUT2D eigenvalue weighted by atomic mass is 9.88. The first-order valence-electron chi connectivity index (χ1n) is 7.12. The number of aliphatic hydroxyl groups is 4. The molecule has 1 aromatic rings. The predicted octanol–water partition coefficient (Wildman–Crippen LogP) is -0.245. The summed E-state index contributed by atoms with van der Waals surface area (Å²) >= 11 is 0. The molecule has 1 saturated heterocycles. The summed E-state index contributed by atoms with van der Waals surface area (Å²) in [6.07, 6.45) is -1.97. The Morgan fingerprint density at radius 3 is 2.76 bits per heavy atom. The topological polar surface area (TPSA) is 99.4 Å². The van der Waals surface area contributed by atoms with Gasteiger partial charge in [0.15, 0.2) is 0 Å². The highest BCUT2D eigenvalue weighted by Gasteiger charge is 2.55. The van der Waals surface area contributed by atoms with Crippen molar-refractivity contribution < 1.29 is 29.9 Å². The van der Waals surface area contributed by atoms with Gasteiger partial charge in [0, 0.05) is 18.6 Å². The van der Waals surface area contributed by atoms with E-state index in [2.05, 4.69) is 0 Å². The molecule has 1 spiro atoms. The van der Waals surface area contributed by atoms with Crippen molar-refractivity contribution in [2.24, 2.45) is 0 Å². The zero-order valence-corrected chi connectivity index (χ0v) is 11.6. The van der Waals surface area contributed by atoms with Gasteiger partial charge in [0.2, 0.25) is 5.79 Å². The third kappa shape index (κ3) is 2.38. The van der Waals surface area contributed by atoms with Gasteiger partial charge in [0.1, 0.15) is 6.10 Å². The van der Waals surface area contributed by atoms with Crippen molar-refractivity contribution in [3.05, 3.63) is 34.9 Å². The van der Waals surface area contributed by atoms with E-state index in [4.69, 9.17) is 14.6 Å². The molecule has 4 atom stereocenters. The molecule has 1 fully saturated rings. The summed E-state index contributed by atoms with van der Waals surface area (Å²) in [4.78, 5) is 0. The molecule has 0 bridgehead atoms. The van der Waals surface area contributed by atoms with E-state index in [1.54, 1.807) is 12.1 Å². The highest BCUT2D eigenvalue weighted by atomic mass is 16.7. The summed E-state index contributed by atoms with van der Waals surface area (Å²) in [7, 11) is 0. The van der Waals surface area contributed by atoms with Crippen LogP contribution in [-0.2, 0) is 28.5 Å². The maximum atomic E-state index is 10.4. The molecule has 116 valence electrons. The van der Waals surface area contributed by atoms with E-state index in [0.717, 1.165) is 5.56 Å². The molecule has 0 unspecified atom stereocenters. The van der Waals surface area contributed by atoms with Crippen LogP contribution in [0.4, 0.5) is 0 Å². The standard InChI is InChI=1S/C15H20O6/c16-4-3-11-6-13(18)14(19)15(21-11)12-5-9(7-17)1-2-10(12)8-20-15/h1-2,5,11,13-14,16-19H,3-4,6-8H2/t11-,13+,14-,15-/m1/s1. The van der Waals surface area contributed by atoms with Gasteiger partial charge in [-0.3, -0.25) is 0 Å². The third-order valence-corrected chi connectivity index (χ3v) is 4.23. The number of rotatable bonds is 3. The highest BCUT2D eigenvalue weighted by molar-refractivity contribution is 5.39. The van der Waals surface area contributed by atoms with Gasteiger partial charge in [-0.05, 0) is 23.6 Å². The van der Waals surface area contributed by atoms with Gasteiger partial charge >= 0.3 is 0 Å². The molecule has 0 radical (unpaired) electrons. The quantitative estimate of drug-likeness (QED) is 0.614. The van der Waals surface area contributed by atoms with Gasteiger partial charge in [-0.15, -0.1) is 0 Å². The van der Waals surface area contributed by atoms with Gasteiger partial charge < -0.3 is 29.9 Å². The van der Waals surface area contributed by atoms with Crippen molar-refractivity contribution in [3.8, 4) is 0 Å². The van der Waals surface area contributed by atoms with Crippen LogP contribution < -0.4 is 0 Å². The molecule has 4 N–H and O–H groups in total. The molecule has 0 aliphatic carbocycles. The lowest BCUT2D eigenvalue weighted by molar-refractivity contribution is -0.345. The van der Waals surface area contributed by atoms with E-state index >= 15 is 0 Å². The van der Waals surface area contributed by atoms with Gasteiger partial charge in [-0.1, -0.05) is 12.1 Å². The lowest BCUT2D eigenvalue weighted by Crippen LogP contribution is -2.55. The van der Waals surface area contributed by atoms with E-state index < -0.39 is 24.1 Å². The van der Waals surface area contributed by atoms with Crippen molar-refractivity contribution in [3.63, 3.8) is 0 Å². The molecule has 6 heteroatoms. The van der Waals surface area contributed by atoms with Crippen molar-refractivity contribution in [2.75, 3.05) is 6.61 Å². The fourth-order valence-corrected chi connectivity index (χ4v) is 3.11. The second-order valence-corrected chi connectivity index (χ2v) is 5.61. The summed E-state index contributed by atoms with van der Waals surface area (Å²) in [6, 6.07) is 5.35. The summed E-state index contributed by atoms with van der Waals surface area (Å²) in [6.45, 7) is 0.0891. The number of ether oxygens (including phenoxy) is 2. The lowest BCUT2D eigenvalue weighted by Gasteiger charge is -2.44. The molecular formula is C15H20O6. The van der Waals surface area contributed by atoms with Gasteiger partial charge in [-0.25, -0.2) is 0 Å². The summed E-state index contributed by atoms with van der Waals surface area (Å²) in [5.41, 5.74) is 2.19. The Bertz CT molecular complexity index is 519. The Morgan fingerprint density at radius 1 is 1.24 bits per heavy atom. The van der Waals surface area contributed by atoms with Gasteiger partial charge in [0.25, 0.3) is 0 Å². The van der Waals surface area contributed by atoms with Crippen molar-refractivity contribution in [2.45, 2.75) is 50.2 Å². The van der Waals surface area contributed by atoms with Crippen LogP contribution in [0.3, 0.4) is 0 Å². The zero-order valence-electron chi connectivity index (χ0n) is 11.6. The fraction of sp³-hybridized carbons (Fsp3) is 0.600. The number of aliphatic hydroxyl groups excluding tert-OH is 4. The molecule has 21 heavy (non-hydrogen) atoms. The molecule has 2 aliphatic rings. The molecular weight excluding hydrogens is 276 g/mol. The van der Waals surface area contributed by atoms with Crippen LogP contribution in [0.15, 0.2) is 18.2 Å². The largest absolute Gasteiger partial charge is 0.396 e. The van der Waals surface area contributed by atoms with Crippen LogP contribution in [-0.4, -0.2) is 45.3 Å². The first kappa shape index (κ1) is 14.9. The minimum absolute atomic E-state index is 0.0624. The molecule has 0 amide bonds. The Kier molecular flexibility index (Phi) is 4.00. The minimum Gasteiger partial charge on any atom is -0.396 e. The first-order chi connectivity index (χ1) is 10.1. The summed E-state index contributed by atoms with van der Waals surface area (Å²) < 4.78 is 11.6. The number of hydrogen-bond acceptors (Lipinski definition) is 6. The monoisotopic (exact) mass is 296 g/mol. The first-order valence-corrected chi connectivity index (χ1v) is 7.12. The molecule has 2 heterocycles. The fourth-order valence-electron chi connectivity index (χ4n) is 3.11. The van der Waals surface area contributed by atoms with Crippen LogP contribution >= 0.6 is 0 Å². The summed E-state index contributed by atoms with van der Waals surface area (Å²) in [5, 5.41) is 38.9. The second kappa shape index (κ2) is 5.64. The van der Waals surface area contributed by atoms with Crippen molar-refractivity contribution >= 4 is 0 Å². The Hall–Kier alpha value is -1.02. The average molecular weight is 296 g/mol. The Morgan fingerprint density at radius 2 is 2.05 bits per heavy atom. The van der Waals surface area contributed by atoms with Crippen LogP contribution in [0.1, 0.15) is 29.5 Å². The molecule has 3 rings (SSSR count). The van der Waals surface area contributed by atoms with Crippen LogP contribution in [0.5, 0.6) is 0 Å². The zero-order chi connectivity index (χ0) is 15.0. The number of fused-ring (bicyclic) bond motifs is 2. The van der Waals surface area contributed by atoms with Gasteiger partial charge in [0.05, 0.1) is 25.4 Å². The maximum Gasteiger partial charge on any atom is 0.225 e. The SMILES string of the molecule is OCC[C@@H]1C[C@H](O)[C@@H](O)[C@]2(OCc3ccc(CO)cc32)O1. The van der Waals surface area contributed by atoms with E-state index in [0.29, 0.717) is 17.5 Å². The van der Waals surface area contributed by atoms with Crippen LogP contribution in [0, 0.1) is 0 Å². The van der Waals surface area contributed by atoms with Crippen LogP contribution in [0.25, 0.3) is 0 Å².